The summed E-state index contributed by atoms with van der Waals surface area (Å²) < 4.78 is 31.0. The van der Waals surface area contributed by atoms with Crippen molar-refractivity contribution < 1.29 is 23.1 Å². The van der Waals surface area contributed by atoms with Gasteiger partial charge in [0.1, 0.15) is 0 Å². The Kier molecular flexibility index (Phi) is 5.05. The van der Waals surface area contributed by atoms with Gasteiger partial charge in [-0.25, -0.2) is 18.1 Å². The molecule has 1 heterocycles. The smallest absolute Gasteiger partial charge is 0.304 e. The number of carbonyl (C=O) groups is 1. The van der Waals surface area contributed by atoms with E-state index in [9.17, 15) is 13.2 Å². The second-order valence-corrected chi connectivity index (χ2v) is 4.96. The van der Waals surface area contributed by atoms with Gasteiger partial charge in [0.15, 0.2) is 5.75 Å². The molecule has 1 rings (SSSR count). The first kappa shape index (κ1) is 14.4. The molecule has 0 fully saturated rings. The van der Waals surface area contributed by atoms with Crippen LogP contribution in [0.15, 0.2) is 23.4 Å². The summed E-state index contributed by atoms with van der Waals surface area (Å²) in [6.07, 6.45) is 1.03. The van der Waals surface area contributed by atoms with Crippen LogP contribution in [0.1, 0.15) is 13.3 Å². The van der Waals surface area contributed by atoms with Gasteiger partial charge >= 0.3 is 5.97 Å². The summed E-state index contributed by atoms with van der Waals surface area (Å²) in [4.78, 5) is 14.1. The number of sulfonamides is 1. The van der Waals surface area contributed by atoms with Crippen LogP contribution in [0.2, 0.25) is 0 Å². The molecule has 18 heavy (non-hydrogen) atoms. The van der Waals surface area contributed by atoms with Gasteiger partial charge in [0.2, 0.25) is 5.03 Å². The van der Waals surface area contributed by atoms with Gasteiger partial charge in [0.05, 0.1) is 13.0 Å². The summed E-state index contributed by atoms with van der Waals surface area (Å²) in [5.74, 6) is -0.938. The molecule has 0 spiro atoms. The number of aliphatic carboxylic acids is 1. The minimum absolute atomic E-state index is 0.142. The van der Waals surface area contributed by atoms with Crippen molar-refractivity contribution in [2.75, 3.05) is 13.2 Å². The maximum atomic E-state index is 11.9. The largest absolute Gasteiger partial charge is 0.491 e. The molecule has 8 heteroatoms. The zero-order chi connectivity index (χ0) is 13.6. The van der Waals surface area contributed by atoms with Gasteiger partial charge < -0.3 is 9.84 Å². The molecule has 7 nitrogen and oxygen atoms in total. The third-order valence-electron chi connectivity index (χ3n) is 1.92. The quantitative estimate of drug-likeness (QED) is 0.737. The molecule has 0 aliphatic heterocycles. The van der Waals surface area contributed by atoms with Gasteiger partial charge in [-0.2, -0.15) is 0 Å². The van der Waals surface area contributed by atoms with E-state index in [4.69, 9.17) is 9.84 Å². The third kappa shape index (κ3) is 3.97. The Morgan fingerprint density at radius 2 is 2.28 bits per heavy atom. The highest BCUT2D eigenvalue weighted by molar-refractivity contribution is 7.89. The molecule has 0 bridgehead atoms. The van der Waals surface area contributed by atoms with Crippen LogP contribution in [-0.2, 0) is 14.8 Å². The molecule has 0 aliphatic carbocycles. The van der Waals surface area contributed by atoms with Crippen molar-refractivity contribution in [1.29, 1.82) is 0 Å². The lowest BCUT2D eigenvalue weighted by atomic mass is 10.5. The van der Waals surface area contributed by atoms with Crippen LogP contribution in [0, 0.1) is 0 Å². The number of aromatic nitrogens is 1. The van der Waals surface area contributed by atoms with Crippen LogP contribution in [-0.4, -0.2) is 37.6 Å². The summed E-state index contributed by atoms with van der Waals surface area (Å²) in [5, 5.41) is 8.21. The molecular formula is C10H14N2O5S. The Hall–Kier alpha value is -1.67. The zero-order valence-corrected chi connectivity index (χ0v) is 10.6. The number of ether oxygens (including phenoxy) is 1. The minimum atomic E-state index is -3.86. The molecule has 0 saturated heterocycles. The van der Waals surface area contributed by atoms with E-state index in [-0.39, 0.29) is 23.7 Å². The first-order chi connectivity index (χ1) is 8.47. The number of nitrogens with one attached hydrogen (secondary N) is 1. The lowest BCUT2D eigenvalue weighted by molar-refractivity contribution is -0.136. The maximum Gasteiger partial charge on any atom is 0.304 e. The number of nitrogens with zero attached hydrogens (tertiary/aromatic N) is 1. The van der Waals surface area contributed by atoms with E-state index < -0.39 is 16.0 Å². The fourth-order valence-electron chi connectivity index (χ4n) is 1.20. The Morgan fingerprint density at radius 1 is 1.56 bits per heavy atom. The van der Waals surface area contributed by atoms with E-state index >= 15 is 0 Å². The highest BCUT2D eigenvalue weighted by Crippen LogP contribution is 2.20. The molecule has 0 radical (unpaired) electrons. The van der Waals surface area contributed by atoms with Crippen molar-refractivity contribution in [2.45, 2.75) is 18.4 Å². The van der Waals surface area contributed by atoms with Crippen LogP contribution in [0.25, 0.3) is 0 Å². The molecule has 100 valence electrons. The lowest BCUT2D eigenvalue weighted by Gasteiger charge is -2.09. The molecule has 0 amide bonds. The molecule has 0 aromatic carbocycles. The van der Waals surface area contributed by atoms with Gasteiger partial charge in [0.25, 0.3) is 10.0 Å². The van der Waals surface area contributed by atoms with E-state index in [2.05, 4.69) is 9.71 Å². The average molecular weight is 274 g/mol. The normalized spacial score (nSPS) is 11.2. The summed E-state index contributed by atoms with van der Waals surface area (Å²) >= 11 is 0. The molecule has 0 saturated carbocycles. The maximum absolute atomic E-state index is 11.9. The van der Waals surface area contributed by atoms with E-state index in [0.717, 1.165) is 0 Å². The van der Waals surface area contributed by atoms with Crippen LogP contribution in [0.5, 0.6) is 5.75 Å². The van der Waals surface area contributed by atoms with E-state index in [1.165, 1.54) is 12.3 Å². The first-order valence-electron chi connectivity index (χ1n) is 5.26. The van der Waals surface area contributed by atoms with Gasteiger partial charge in [-0.3, -0.25) is 4.79 Å². The standard InChI is InChI=1S/C10H14N2O5S/c1-2-17-8-4-3-6-11-10(8)18(15,16)12-7-5-9(13)14/h3-4,6,12H,2,5,7H2,1H3,(H,13,14). The third-order valence-corrected chi connectivity index (χ3v) is 3.32. The number of hydrogen-bond donors (Lipinski definition) is 2. The minimum Gasteiger partial charge on any atom is -0.491 e. The van der Waals surface area contributed by atoms with Crippen molar-refractivity contribution in [2.24, 2.45) is 0 Å². The number of carboxylic acid groups (broad SMARTS) is 1. The Bertz CT molecular complexity index is 515. The predicted octanol–water partition coefficient (Wildman–Crippen LogP) is 0.233. The summed E-state index contributed by atoms with van der Waals surface area (Å²) in [7, 11) is -3.86. The Balaban J connectivity index is 2.87. The van der Waals surface area contributed by atoms with Gasteiger partial charge in [-0.1, -0.05) is 0 Å². The summed E-state index contributed by atoms with van der Waals surface area (Å²) in [6, 6.07) is 3.05. The molecule has 0 atom stereocenters. The first-order valence-corrected chi connectivity index (χ1v) is 6.75. The molecule has 1 aromatic heterocycles. The van der Waals surface area contributed by atoms with E-state index in [0.29, 0.717) is 6.61 Å². The van der Waals surface area contributed by atoms with Crippen molar-refractivity contribution in [3.63, 3.8) is 0 Å². The molecule has 0 aliphatic rings. The molecule has 0 unspecified atom stereocenters. The highest BCUT2D eigenvalue weighted by atomic mass is 32.2. The Labute approximate surface area is 105 Å². The van der Waals surface area contributed by atoms with Gasteiger partial charge in [0, 0.05) is 12.7 Å². The summed E-state index contributed by atoms with van der Waals surface area (Å²) in [6.45, 7) is 1.84. The van der Waals surface area contributed by atoms with Gasteiger partial charge in [-0.15, -0.1) is 0 Å². The summed E-state index contributed by atoms with van der Waals surface area (Å²) in [5.41, 5.74) is 0. The Morgan fingerprint density at radius 3 is 2.89 bits per heavy atom. The predicted molar refractivity (Wildman–Crippen MR) is 62.8 cm³/mol. The average Bonchev–Trinajstić information content (AvgIpc) is 2.29. The topological polar surface area (TPSA) is 106 Å². The van der Waals surface area contributed by atoms with E-state index in [1.807, 2.05) is 0 Å². The lowest BCUT2D eigenvalue weighted by Crippen LogP contribution is -2.27. The van der Waals surface area contributed by atoms with Crippen LogP contribution < -0.4 is 9.46 Å². The SMILES string of the molecule is CCOc1cccnc1S(=O)(=O)NCCC(=O)O. The van der Waals surface area contributed by atoms with Crippen molar-refractivity contribution in [3.05, 3.63) is 18.3 Å². The van der Waals surface area contributed by atoms with Crippen molar-refractivity contribution in [1.82, 2.24) is 9.71 Å². The molecule has 2 N–H and O–H groups in total. The van der Waals surface area contributed by atoms with Crippen LogP contribution in [0.4, 0.5) is 0 Å². The van der Waals surface area contributed by atoms with E-state index in [1.54, 1.807) is 13.0 Å². The second kappa shape index (κ2) is 6.31. The number of hydrogen-bond acceptors (Lipinski definition) is 5. The zero-order valence-electron chi connectivity index (χ0n) is 9.79. The second-order valence-electron chi connectivity index (χ2n) is 3.28. The molecular weight excluding hydrogens is 260 g/mol. The van der Waals surface area contributed by atoms with Gasteiger partial charge in [-0.05, 0) is 19.1 Å². The fourth-order valence-corrected chi connectivity index (χ4v) is 2.30. The number of carboxylic acids is 1. The van der Waals surface area contributed by atoms with Crippen molar-refractivity contribution in [3.8, 4) is 5.75 Å². The number of rotatable bonds is 7. The van der Waals surface area contributed by atoms with Crippen LogP contribution >= 0.6 is 0 Å². The highest BCUT2D eigenvalue weighted by Gasteiger charge is 2.20. The molecule has 1 aromatic rings. The van der Waals surface area contributed by atoms with Crippen molar-refractivity contribution >= 4 is 16.0 Å². The van der Waals surface area contributed by atoms with Crippen LogP contribution in [0.3, 0.4) is 0 Å². The number of pyridine rings is 1. The monoisotopic (exact) mass is 274 g/mol. The fraction of sp³-hybridized carbons (Fsp3) is 0.400.